The van der Waals surface area contributed by atoms with Crippen LogP contribution in [0.5, 0.6) is 0 Å². The van der Waals surface area contributed by atoms with Gasteiger partial charge in [0.2, 0.25) is 0 Å². The lowest BCUT2D eigenvalue weighted by molar-refractivity contribution is -0.385. The van der Waals surface area contributed by atoms with Gasteiger partial charge in [0, 0.05) is 12.1 Å². The van der Waals surface area contributed by atoms with Crippen LogP contribution in [0.4, 0.5) is 5.69 Å². The molecule has 82 valence electrons. The van der Waals surface area contributed by atoms with E-state index in [9.17, 15) is 10.1 Å². The molecule has 0 bridgehead atoms. The van der Waals surface area contributed by atoms with Crippen molar-refractivity contribution in [3.8, 4) is 0 Å². The minimum Gasteiger partial charge on any atom is -0.330 e. The van der Waals surface area contributed by atoms with E-state index in [1.807, 2.05) is 13.0 Å². The van der Waals surface area contributed by atoms with Gasteiger partial charge in [0.25, 0.3) is 5.69 Å². The van der Waals surface area contributed by atoms with Crippen LogP contribution in [0.2, 0.25) is 0 Å². The van der Waals surface area contributed by atoms with E-state index in [1.54, 1.807) is 12.1 Å². The minimum atomic E-state index is -0.348. The highest BCUT2D eigenvalue weighted by Gasteiger charge is 2.07. The van der Waals surface area contributed by atoms with Crippen molar-refractivity contribution in [2.75, 3.05) is 6.54 Å². The number of nitrogens with zero attached hydrogens (tertiary/aromatic N) is 1. The summed E-state index contributed by atoms with van der Waals surface area (Å²) in [4.78, 5) is 10.3. The number of hydrogen-bond donors (Lipinski definition) is 1. The molecular formula is C11H16N2O2. The van der Waals surface area contributed by atoms with Crippen molar-refractivity contribution >= 4 is 5.69 Å². The van der Waals surface area contributed by atoms with Crippen molar-refractivity contribution in [1.29, 1.82) is 0 Å². The Bertz CT molecular complexity index is 350. The maximum absolute atomic E-state index is 10.6. The molecule has 0 saturated heterocycles. The molecule has 0 radical (unpaired) electrons. The molecule has 4 heteroatoms. The minimum absolute atomic E-state index is 0.178. The zero-order valence-corrected chi connectivity index (χ0v) is 8.90. The highest BCUT2D eigenvalue weighted by molar-refractivity contribution is 5.38. The molecule has 0 aromatic heterocycles. The Labute approximate surface area is 89.2 Å². The third-order valence-corrected chi connectivity index (χ3v) is 2.25. The summed E-state index contributed by atoms with van der Waals surface area (Å²) in [5, 5.41) is 10.6. The Morgan fingerprint density at radius 3 is 2.67 bits per heavy atom. The van der Waals surface area contributed by atoms with E-state index in [4.69, 9.17) is 5.73 Å². The van der Waals surface area contributed by atoms with E-state index in [1.165, 1.54) is 0 Å². The van der Waals surface area contributed by atoms with Crippen molar-refractivity contribution in [3.63, 3.8) is 0 Å². The zero-order chi connectivity index (χ0) is 11.3. The SMILES string of the molecule is Cc1cc(CCCCN)cc([N+](=O)[O-])c1. The van der Waals surface area contributed by atoms with Gasteiger partial charge in [0.1, 0.15) is 0 Å². The number of aryl methyl sites for hydroxylation is 2. The maximum Gasteiger partial charge on any atom is 0.269 e. The lowest BCUT2D eigenvalue weighted by Crippen LogP contribution is -1.99. The van der Waals surface area contributed by atoms with Gasteiger partial charge in [-0.2, -0.15) is 0 Å². The first-order chi connectivity index (χ1) is 7.13. The topological polar surface area (TPSA) is 69.2 Å². The number of nitro benzene ring substituents is 1. The summed E-state index contributed by atoms with van der Waals surface area (Å²) in [7, 11) is 0. The Hall–Kier alpha value is -1.42. The van der Waals surface area contributed by atoms with Gasteiger partial charge in [-0.3, -0.25) is 10.1 Å². The second-order valence-electron chi connectivity index (χ2n) is 3.68. The van der Waals surface area contributed by atoms with Gasteiger partial charge < -0.3 is 5.73 Å². The normalized spacial score (nSPS) is 10.3. The number of nitro groups is 1. The fourth-order valence-electron chi connectivity index (χ4n) is 1.56. The second-order valence-corrected chi connectivity index (χ2v) is 3.68. The highest BCUT2D eigenvalue weighted by atomic mass is 16.6. The number of rotatable bonds is 5. The molecule has 1 aromatic rings. The molecule has 0 aliphatic heterocycles. The molecule has 1 rings (SSSR count). The van der Waals surface area contributed by atoms with Crippen molar-refractivity contribution in [2.24, 2.45) is 5.73 Å². The third-order valence-electron chi connectivity index (χ3n) is 2.25. The van der Waals surface area contributed by atoms with Crippen LogP contribution >= 0.6 is 0 Å². The molecule has 0 fully saturated rings. The largest absolute Gasteiger partial charge is 0.330 e. The first kappa shape index (κ1) is 11.7. The number of nitrogens with two attached hydrogens (primary N) is 1. The summed E-state index contributed by atoms with van der Waals surface area (Å²) in [6.45, 7) is 2.55. The van der Waals surface area contributed by atoms with Crippen molar-refractivity contribution < 1.29 is 4.92 Å². The summed E-state index contributed by atoms with van der Waals surface area (Å²) in [5.74, 6) is 0. The van der Waals surface area contributed by atoms with Gasteiger partial charge in [-0.25, -0.2) is 0 Å². The van der Waals surface area contributed by atoms with Crippen LogP contribution in [-0.2, 0) is 6.42 Å². The molecular weight excluding hydrogens is 192 g/mol. The van der Waals surface area contributed by atoms with Crippen molar-refractivity contribution in [3.05, 3.63) is 39.4 Å². The monoisotopic (exact) mass is 208 g/mol. The molecule has 0 unspecified atom stereocenters. The zero-order valence-electron chi connectivity index (χ0n) is 8.90. The summed E-state index contributed by atoms with van der Waals surface area (Å²) in [6, 6.07) is 5.22. The molecule has 0 heterocycles. The molecule has 2 N–H and O–H groups in total. The van der Waals surface area contributed by atoms with Gasteiger partial charge in [0.05, 0.1) is 4.92 Å². The first-order valence-corrected chi connectivity index (χ1v) is 5.08. The van der Waals surface area contributed by atoms with Gasteiger partial charge in [-0.15, -0.1) is 0 Å². The summed E-state index contributed by atoms with van der Waals surface area (Å²) in [5.41, 5.74) is 7.53. The third kappa shape index (κ3) is 3.67. The first-order valence-electron chi connectivity index (χ1n) is 5.08. The van der Waals surface area contributed by atoms with Crippen LogP contribution in [0.25, 0.3) is 0 Å². The Morgan fingerprint density at radius 2 is 2.07 bits per heavy atom. The number of benzene rings is 1. The van der Waals surface area contributed by atoms with Crippen molar-refractivity contribution in [2.45, 2.75) is 26.2 Å². The van der Waals surface area contributed by atoms with E-state index < -0.39 is 0 Å². The molecule has 1 aromatic carbocycles. The molecule has 0 aliphatic rings. The van der Waals surface area contributed by atoms with E-state index in [2.05, 4.69) is 0 Å². The summed E-state index contributed by atoms with van der Waals surface area (Å²) < 4.78 is 0. The highest BCUT2D eigenvalue weighted by Crippen LogP contribution is 2.18. The fourth-order valence-corrected chi connectivity index (χ4v) is 1.56. The van der Waals surface area contributed by atoms with E-state index >= 15 is 0 Å². The Balaban J connectivity index is 2.75. The number of non-ortho nitro benzene ring substituents is 1. The predicted molar refractivity (Wildman–Crippen MR) is 59.8 cm³/mol. The van der Waals surface area contributed by atoms with Crippen LogP contribution < -0.4 is 5.73 Å². The fraction of sp³-hybridized carbons (Fsp3) is 0.455. The Kier molecular flexibility index (Phi) is 4.24. The molecule has 4 nitrogen and oxygen atoms in total. The van der Waals surface area contributed by atoms with Crippen LogP contribution in [0.1, 0.15) is 24.0 Å². The maximum atomic E-state index is 10.6. The van der Waals surface area contributed by atoms with E-state index in [0.29, 0.717) is 6.54 Å². The molecule has 0 aliphatic carbocycles. The van der Waals surface area contributed by atoms with Gasteiger partial charge in [0.15, 0.2) is 0 Å². The quantitative estimate of drug-likeness (QED) is 0.458. The van der Waals surface area contributed by atoms with Crippen LogP contribution in [0.3, 0.4) is 0 Å². The van der Waals surface area contributed by atoms with E-state index in [0.717, 1.165) is 30.4 Å². The summed E-state index contributed by atoms with van der Waals surface area (Å²) in [6.07, 6.45) is 2.80. The van der Waals surface area contributed by atoms with Crippen LogP contribution in [-0.4, -0.2) is 11.5 Å². The molecule has 0 atom stereocenters. The lowest BCUT2D eigenvalue weighted by Gasteiger charge is -2.02. The molecule has 0 amide bonds. The summed E-state index contributed by atoms with van der Waals surface area (Å²) >= 11 is 0. The molecule has 0 saturated carbocycles. The van der Waals surface area contributed by atoms with Gasteiger partial charge >= 0.3 is 0 Å². The Morgan fingerprint density at radius 1 is 1.33 bits per heavy atom. The lowest BCUT2D eigenvalue weighted by atomic mass is 10.0. The standard InChI is InChI=1S/C11H16N2O2/c1-9-6-10(4-2-3-5-12)8-11(7-9)13(14)15/h6-8H,2-5,12H2,1H3. The predicted octanol–water partition coefficient (Wildman–Crippen LogP) is 2.18. The van der Waals surface area contributed by atoms with Crippen LogP contribution in [0.15, 0.2) is 18.2 Å². The van der Waals surface area contributed by atoms with Crippen molar-refractivity contribution in [1.82, 2.24) is 0 Å². The average Bonchev–Trinajstić information content (AvgIpc) is 2.17. The van der Waals surface area contributed by atoms with E-state index in [-0.39, 0.29) is 10.6 Å². The van der Waals surface area contributed by atoms with Gasteiger partial charge in [-0.05, 0) is 43.9 Å². The molecule has 15 heavy (non-hydrogen) atoms. The van der Waals surface area contributed by atoms with Crippen LogP contribution in [0, 0.1) is 17.0 Å². The average molecular weight is 208 g/mol. The smallest absolute Gasteiger partial charge is 0.269 e. The number of hydrogen-bond acceptors (Lipinski definition) is 3. The van der Waals surface area contributed by atoms with Gasteiger partial charge in [-0.1, -0.05) is 6.07 Å². The molecule has 0 spiro atoms. The number of unbranched alkanes of at least 4 members (excludes halogenated alkanes) is 1. The second kappa shape index (κ2) is 5.46.